The molecular weight excluding hydrogens is 228 g/mol. The summed E-state index contributed by atoms with van der Waals surface area (Å²) in [4.78, 5) is 14.4. The molecule has 0 aromatic rings. The molecule has 2 atom stereocenters. The molecule has 0 saturated carbocycles. The lowest BCUT2D eigenvalue weighted by Gasteiger charge is -2.36. The molecule has 0 aliphatic rings. The number of hydrogen-bond acceptors (Lipinski definition) is 4. The van der Waals surface area contributed by atoms with Gasteiger partial charge in [-0.15, -0.1) is 0 Å². The minimum absolute atomic E-state index is 0.159. The summed E-state index contributed by atoms with van der Waals surface area (Å²) in [6, 6.07) is 0.474. The van der Waals surface area contributed by atoms with Crippen molar-refractivity contribution in [1.82, 2.24) is 10.2 Å². The average Bonchev–Trinajstić information content (AvgIpc) is 2.35. The number of rotatable bonds is 9. The van der Waals surface area contributed by atoms with Gasteiger partial charge >= 0.3 is 5.97 Å². The highest BCUT2D eigenvalue weighted by atomic mass is 16.5. The van der Waals surface area contributed by atoms with E-state index in [1.807, 2.05) is 20.8 Å². The second-order valence-corrected chi connectivity index (χ2v) is 4.90. The SMILES string of the molecule is CCNC(C)(CN(CC)C(C)CC)C(=O)OCC. The first-order chi connectivity index (χ1) is 8.45. The van der Waals surface area contributed by atoms with Gasteiger partial charge in [0.15, 0.2) is 0 Å². The summed E-state index contributed by atoms with van der Waals surface area (Å²) < 4.78 is 5.19. The van der Waals surface area contributed by atoms with Crippen molar-refractivity contribution >= 4 is 5.97 Å². The second kappa shape index (κ2) is 8.48. The molecule has 0 aromatic carbocycles. The Hall–Kier alpha value is -0.610. The summed E-state index contributed by atoms with van der Waals surface area (Å²) in [6.07, 6.45) is 1.08. The number of ether oxygens (including phenoxy) is 1. The molecule has 0 spiro atoms. The van der Waals surface area contributed by atoms with Crippen molar-refractivity contribution in [3.63, 3.8) is 0 Å². The Bertz CT molecular complexity index is 246. The van der Waals surface area contributed by atoms with Gasteiger partial charge in [0.2, 0.25) is 0 Å². The van der Waals surface area contributed by atoms with Gasteiger partial charge in [-0.25, -0.2) is 0 Å². The quantitative estimate of drug-likeness (QED) is 0.643. The van der Waals surface area contributed by atoms with E-state index < -0.39 is 5.54 Å². The summed E-state index contributed by atoms with van der Waals surface area (Å²) in [6.45, 7) is 15.1. The van der Waals surface area contributed by atoms with Gasteiger partial charge in [-0.3, -0.25) is 9.69 Å². The van der Waals surface area contributed by atoms with Crippen LogP contribution in [0.4, 0.5) is 0 Å². The fourth-order valence-corrected chi connectivity index (χ4v) is 2.12. The molecule has 0 bridgehead atoms. The monoisotopic (exact) mass is 258 g/mol. The molecule has 0 aromatic heterocycles. The van der Waals surface area contributed by atoms with Gasteiger partial charge in [-0.05, 0) is 40.3 Å². The standard InChI is InChI=1S/C14H30N2O2/c1-7-12(5)16(9-3)11-14(6,15-8-2)13(17)18-10-4/h12,15H,7-11H2,1-6H3. The Morgan fingerprint density at radius 1 is 1.33 bits per heavy atom. The molecule has 108 valence electrons. The van der Waals surface area contributed by atoms with E-state index in [4.69, 9.17) is 4.74 Å². The number of likely N-dealkylation sites (N-methyl/N-ethyl adjacent to an activating group) is 2. The fraction of sp³-hybridized carbons (Fsp3) is 0.929. The Morgan fingerprint density at radius 2 is 1.94 bits per heavy atom. The van der Waals surface area contributed by atoms with E-state index >= 15 is 0 Å². The van der Waals surface area contributed by atoms with E-state index in [-0.39, 0.29) is 5.97 Å². The van der Waals surface area contributed by atoms with Crippen LogP contribution >= 0.6 is 0 Å². The Morgan fingerprint density at radius 3 is 2.33 bits per heavy atom. The average molecular weight is 258 g/mol. The third-order valence-electron chi connectivity index (χ3n) is 3.43. The normalized spacial score (nSPS) is 16.4. The summed E-state index contributed by atoms with van der Waals surface area (Å²) in [7, 11) is 0. The highest BCUT2D eigenvalue weighted by Gasteiger charge is 2.36. The fourth-order valence-electron chi connectivity index (χ4n) is 2.12. The van der Waals surface area contributed by atoms with Crippen LogP contribution < -0.4 is 5.32 Å². The van der Waals surface area contributed by atoms with Gasteiger partial charge in [0.05, 0.1) is 6.61 Å². The van der Waals surface area contributed by atoms with Crippen LogP contribution in [0.15, 0.2) is 0 Å². The van der Waals surface area contributed by atoms with Gasteiger partial charge < -0.3 is 10.1 Å². The molecule has 0 saturated heterocycles. The maximum absolute atomic E-state index is 12.1. The van der Waals surface area contributed by atoms with Crippen molar-refractivity contribution in [2.45, 2.75) is 59.5 Å². The molecule has 0 amide bonds. The van der Waals surface area contributed by atoms with Crippen molar-refractivity contribution in [2.75, 3.05) is 26.2 Å². The third-order valence-corrected chi connectivity index (χ3v) is 3.43. The van der Waals surface area contributed by atoms with Crippen LogP contribution in [-0.4, -0.2) is 48.7 Å². The molecule has 0 rings (SSSR count). The predicted molar refractivity (Wildman–Crippen MR) is 75.7 cm³/mol. The molecule has 1 N–H and O–H groups in total. The van der Waals surface area contributed by atoms with E-state index in [0.29, 0.717) is 19.2 Å². The molecule has 0 aliphatic carbocycles. The van der Waals surface area contributed by atoms with Gasteiger partial charge in [-0.2, -0.15) is 0 Å². The van der Waals surface area contributed by atoms with E-state index in [2.05, 4.69) is 31.0 Å². The van der Waals surface area contributed by atoms with Crippen molar-refractivity contribution in [1.29, 1.82) is 0 Å². The van der Waals surface area contributed by atoms with Crippen molar-refractivity contribution < 1.29 is 9.53 Å². The molecule has 4 heteroatoms. The Kier molecular flexibility index (Phi) is 8.20. The lowest BCUT2D eigenvalue weighted by atomic mass is 10.00. The number of hydrogen-bond donors (Lipinski definition) is 1. The van der Waals surface area contributed by atoms with Crippen LogP contribution in [0.5, 0.6) is 0 Å². The molecule has 0 heterocycles. The van der Waals surface area contributed by atoms with Crippen molar-refractivity contribution in [2.24, 2.45) is 0 Å². The lowest BCUT2D eigenvalue weighted by Crippen LogP contribution is -2.58. The molecule has 2 unspecified atom stereocenters. The van der Waals surface area contributed by atoms with Gasteiger partial charge in [0.25, 0.3) is 0 Å². The van der Waals surface area contributed by atoms with E-state index in [0.717, 1.165) is 19.5 Å². The summed E-state index contributed by atoms with van der Waals surface area (Å²) in [5.41, 5.74) is -0.621. The van der Waals surface area contributed by atoms with E-state index in [9.17, 15) is 4.79 Å². The van der Waals surface area contributed by atoms with Crippen molar-refractivity contribution in [3.05, 3.63) is 0 Å². The smallest absolute Gasteiger partial charge is 0.327 e. The van der Waals surface area contributed by atoms with Gasteiger partial charge in [0, 0.05) is 12.6 Å². The summed E-state index contributed by atoms with van der Waals surface area (Å²) in [5, 5.41) is 3.27. The minimum Gasteiger partial charge on any atom is -0.465 e. The van der Waals surface area contributed by atoms with Crippen LogP contribution in [0.3, 0.4) is 0 Å². The molecular formula is C14H30N2O2. The molecule has 0 aliphatic heterocycles. The highest BCUT2D eigenvalue weighted by Crippen LogP contribution is 2.13. The zero-order valence-corrected chi connectivity index (χ0v) is 12.9. The van der Waals surface area contributed by atoms with Crippen LogP contribution in [0.1, 0.15) is 48.0 Å². The zero-order valence-electron chi connectivity index (χ0n) is 12.9. The maximum Gasteiger partial charge on any atom is 0.327 e. The first-order valence-electron chi connectivity index (χ1n) is 7.11. The maximum atomic E-state index is 12.1. The Balaban J connectivity index is 4.81. The minimum atomic E-state index is -0.621. The molecule has 0 radical (unpaired) electrons. The second-order valence-electron chi connectivity index (χ2n) is 4.90. The first-order valence-corrected chi connectivity index (χ1v) is 7.11. The number of carbonyl (C=O) groups excluding carboxylic acids is 1. The third kappa shape index (κ3) is 4.94. The largest absolute Gasteiger partial charge is 0.465 e. The topological polar surface area (TPSA) is 41.6 Å². The Labute approximate surface area is 112 Å². The number of nitrogens with zero attached hydrogens (tertiary/aromatic N) is 1. The molecule has 4 nitrogen and oxygen atoms in total. The van der Waals surface area contributed by atoms with Gasteiger partial charge in [0.1, 0.15) is 5.54 Å². The van der Waals surface area contributed by atoms with Crippen LogP contribution in [-0.2, 0) is 9.53 Å². The van der Waals surface area contributed by atoms with Crippen LogP contribution in [0.2, 0.25) is 0 Å². The number of carbonyl (C=O) groups is 1. The highest BCUT2D eigenvalue weighted by molar-refractivity contribution is 5.80. The predicted octanol–water partition coefficient (Wildman–Crippen LogP) is 2.04. The van der Waals surface area contributed by atoms with Gasteiger partial charge in [-0.1, -0.05) is 20.8 Å². The molecule has 0 fully saturated rings. The zero-order chi connectivity index (χ0) is 14.2. The molecule has 18 heavy (non-hydrogen) atoms. The number of esters is 1. The van der Waals surface area contributed by atoms with Crippen LogP contribution in [0.25, 0.3) is 0 Å². The van der Waals surface area contributed by atoms with E-state index in [1.54, 1.807) is 0 Å². The van der Waals surface area contributed by atoms with E-state index in [1.165, 1.54) is 0 Å². The summed E-state index contributed by atoms with van der Waals surface area (Å²) in [5.74, 6) is -0.159. The lowest BCUT2D eigenvalue weighted by molar-refractivity contribution is -0.151. The van der Waals surface area contributed by atoms with Crippen LogP contribution in [0, 0.1) is 0 Å². The summed E-state index contributed by atoms with van der Waals surface area (Å²) >= 11 is 0. The first kappa shape index (κ1) is 17.4. The number of nitrogens with one attached hydrogen (secondary N) is 1. The van der Waals surface area contributed by atoms with Crippen molar-refractivity contribution in [3.8, 4) is 0 Å².